The predicted octanol–water partition coefficient (Wildman–Crippen LogP) is 3.36. The summed E-state index contributed by atoms with van der Waals surface area (Å²) in [7, 11) is 0. The van der Waals surface area contributed by atoms with E-state index in [0.29, 0.717) is 11.6 Å². The van der Waals surface area contributed by atoms with E-state index in [4.69, 9.17) is 0 Å². The smallest absolute Gasteiger partial charge is 0.258 e. The summed E-state index contributed by atoms with van der Waals surface area (Å²) < 4.78 is 0.886. The van der Waals surface area contributed by atoms with Crippen molar-refractivity contribution in [2.75, 3.05) is 15.5 Å². The molecule has 0 spiro atoms. The van der Waals surface area contributed by atoms with Crippen LogP contribution in [0.1, 0.15) is 51.0 Å². The lowest BCUT2D eigenvalue weighted by atomic mass is 9.92. The Bertz CT molecular complexity index is 1030. The van der Waals surface area contributed by atoms with Crippen molar-refractivity contribution < 1.29 is 9.59 Å². The number of anilines is 3. The molecule has 1 aromatic carbocycles. The number of piperidine rings is 1. The molecule has 1 fully saturated rings. The highest BCUT2D eigenvalue weighted by atomic mass is 79.9. The molecular formula is C21H24BrN5O3. The average molecular weight is 474 g/mol. The number of carbonyl (C=O) groups is 2. The molecule has 1 aromatic heterocycles. The van der Waals surface area contributed by atoms with Gasteiger partial charge in [-0.3, -0.25) is 19.4 Å². The maximum atomic E-state index is 13.0. The third-order valence-electron chi connectivity index (χ3n) is 5.80. The molecule has 2 aromatic rings. The van der Waals surface area contributed by atoms with Gasteiger partial charge in [0.25, 0.3) is 5.56 Å². The van der Waals surface area contributed by atoms with Gasteiger partial charge >= 0.3 is 0 Å². The Morgan fingerprint density at radius 3 is 2.50 bits per heavy atom. The Hall–Kier alpha value is -2.68. The zero-order chi connectivity index (χ0) is 21.4. The molecule has 1 saturated heterocycles. The molecule has 30 heavy (non-hydrogen) atoms. The standard InChI is InChI=1S/C21H24BrN5O3/c1-11-4-3-5-12(2)27(11)21-25-18-17(20(30)26-21)15(10-16(28)24-18)19(29)23-14-8-6-13(22)7-9-14/h6-9,11-12,15H,3-5,10H2,1-2H3,(H,23,29)(H2,24,25,26,28,30)/t11-,12-,15-/m1/s1. The average Bonchev–Trinajstić information content (AvgIpc) is 2.68. The highest BCUT2D eigenvalue weighted by Crippen LogP contribution is 2.32. The normalized spacial score (nSPS) is 23.5. The Morgan fingerprint density at radius 2 is 1.83 bits per heavy atom. The van der Waals surface area contributed by atoms with Crippen molar-refractivity contribution in [3.63, 3.8) is 0 Å². The molecule has 4 rings (SSSR count). The molecule has 3 N–H and O–H groups in total. The number of halogens is 1. The van der Waals surface area contributed by atoms with Gasteiger partial charge in [-0.05, 0) is 57.4 Å². The van der Waals surface area contributed by atoms with Crippen molar-refractivity contribution in [1.82, 2.24) is 9.97 Å². The second-order valence-corrected chi connectivity index (χ2v) is 8.90. The van der Waals surface area contributed by atoms with Crippen LogP contribution in [0.15, 0.2) is 33.5 Å². The number of aromatic amines is 1. The van der Waals surface area contributed by atoms with Crippen LogP contribution in [0, 0.1) is 0 Å². The van der Waals surface area contributed by atoms with Crippen LogP contribution < -0.4 is 21.1 Å². The van der Waals surface area contributed by atoms with Crippen molar-refractivity contribution >= 4 is 45.2 Å². The molecule has 158 valence electrons. The Balaban J connectivity index is 1.67. The number of amides is 2. The molecule has 2 amide bonds. The van der Waals surface area contributed by atoms with Crippen LogP contribution in [0.2, 0.25) is 0 Å². The van der Waals surface area contributed by atoms with Gasteiger partial charge < -0.3 is 15.5 Å². The first-order valence-corrected chi connectivity index (χ1v) is 10.9. The summed E-state index contributed by atoms with van der Waals surface area (Å²) in [6, 6.07) is 7.56. The Kier molecular flexibility index (Phi) is 5.64. The Morgan fingerprint density at radius 1 is 1.17 bits per heavy atom. The van der Waals surface area contributed by atoms with Gasteiger partial charge in [0.15, 0.2) is 0 Å². The lowest BCUT2D eigenvalue weighted by molar-refractivity contribution is -0.123. The van der Waals surface area contributed by atoms with Crippen LogP contribution in [-0.2, 0) is 9.59 Å². The molecule has 8 nitrogen and oxygen atoms in total. The number of hydrogen-bond acceptors (Lipinski definition) is 5. The predicted molar refractivity (Wildman–Crippen MR) is 119 cm³/mol. The van der Waals surface area contributed by atoms with Gasteiger partial charge in [0.05, 0.1) is 11.5 Å². The number of hydrogen-bond donors (Lipinski definition) is 3. The van der Waals surface area contributed by atoms with E-state index in [1.165, 1.54) is 0 Å². The van der Waals surface area contributed by atoms with E-state index >= 15 is 0 Å². The lowest BCUT2D eigenvalue weighted by Crippen LogP contribution is -2.46. The number of benzene rings is 1. The second kappa shape index (κ2) is 8.22. The third kappa shape index (κ3) is 3.98. The fourth-order valence-electron chi connectivity index (χ4n) is 4.31. The summed E-state index contributed by atoms with van der Waals surface area (Å²) in [4.78, 5) is 47.7. The van der Waals surface area contributed by atoms with E-state index in [-0.39, 0.29) is 35.8 Å². The molecule has 3 atom stereocenters. The van der Waals surface area contributed by atoms with Crippen molar-refractivity contribution in [2.24, 2.45) is 0 Å². The summed E-state index contributed by atoms with van der Waals surface area (Å²) in [6.45, 7) is 4.20. The molecule has 0 bridgehead atoms. The number of carbonyl (C=O) groups excluding carboxylic acids is 2. The minimum Gasteiger partial charge on any atom is -0.337 e. The van der Waals surface area contributed by atoms with Gasteiger partial charge in [0, 0.05) is 28.7 Å². The first-order chi connectivity index (χ1) is 14.3. The van der Waals surface area contributed by atoms with E-state index in [1.807, 2.05) is 0 Å². The maximum Gasteiger partial charge on any atom is 0.258 e. The van der Waals surface area contributed by atoms with Crippen molar-refractivity contribution in [3.05, 3.63) is 44.7 Å². The van der Waals surface area contributed by atoms with Gasteiger partial charge in [-0.25, -0.2) is 0 Å². The third-order valence-corrected chi connectivity index (χ3v) is 6.33. The highest BCUT2D eigenvalue weighted by Gasteiger charge is 2.36. The monoisotopic (exact) mass is 473 g/mol. The van der Waals surface area contributed by atoms with E-state index in [2.05, 4.69) is 55.3 Å². The molecule has 0 aliphatic carbocycles. The summed E-state index contributed by atoms with van der Waals surface area (Å²) in [5.41, 5.74) is 0.397. The van der Waals surface area contributed by atoms with E-state index < -0.39 is 17.4 Å². The summed E-state index contributed by atoms with van der Waals surface area (Å²) in [5.74, 6) is -1.03. The lowest BCUT2D eigenvalue weighted by Gasteiger charge is -2.39. The van der Waals surface area contributed by atoms with Gasteiger partial charge in [-0.2, -0.15) is 4.98 Å². The van der Waals surface area contributed by atoms with Crippen molar-refractivity contribution in [3.8, 4) is 0 Å². The van der Waals surface area contributed by atoms with Crippen molar-refractivity contribution in [2.45, 2.75) is 57.5 Å². The molecule has 2 aliphatic heterocycles. The molecule has 3 heterocycles. The minimum absolute atomic E-state index is 0.101. The topological polar surface area (TPSA) is 107 Å². The van der Waals surface area contributed by atoms with E-state index in [9.17, 15) is 14.4 Å². The first-order valence-electron chi connectivity index (χ1n) is 10.1. The van der Waals surface area contributed by atoms with Crippen LogP contribution in [-0.4, -0.2) is 33.9 Å². The van der Waals surface area contributed by atoms with Gasteiger partial charge in [-0.1, -0.05) is 15.9 Å². The van der Waals surface area contributed by atoms with Crippen LogP contribution in [0.5, 0.6) is 0 Å². The summed E-state index contributed by atoms with van der Waals surface area (Å²) in [6.07, 6.45) is 3.05. The maximum absolute atomic E-state index is 13.0. The number of nitrogens with zero attached hydrogens (tertiary/aromatic N) is 2. The Labute approximate surface area is 182 Å². The van der Waals surface area contributed by atoms with Crippen LogP contribution >= 0.6 is 15.9 Å². The highest BCUT2D eigenvalue weighted by molar-refractivity contribution is 9.10. The second-order valence-electron chi connectivity index (χ2n) is 7.99. The van der Waals surface area contributed by atoms with Gasteiger partial charge in [0.1, 0.15) is 5.82 Å². The molecule has 0 radical (unpaired) electrons. The minimum atomic E-state index is -0.904. The van der Waals surface area contributed by atoms with Gasteiger partial charge in [0.2, 0.25) is 17.8 Å². The largest absolute Gasteiger partial charge is 0.337 e. The molecule has 0 unspecified atom stereocenters. The fourth-order valence-corrected chi connectivity index (χ4v) is 4.57. The number of H-pyrrole nitrogens is 1. The molecule has 0 saturated carbocycles. The SMILES string of the molecule is C[C@@H]1CCC[C@@H](C)N1c1nc2c(c(=O)[nH]1)[C@H](C(=O)Nc1ccc(Br)cc1)CC(=O)N2. The number of fused-ring (bicyclic) bond motifs is 1. The number of nitrogens with one attached hydrogen (secondary N) is 3. The van der Waals surface area contributed by atoms with Crippen LogP contribution in [0.3, 0.4) is 0 Å². The molecule has 2 aliphatic rings. The zero-order valence-corrected chi connectivity index (χ0v) is 18.5. The number of rotatable bonds is 3. The van der Waals surface area contributed by atoms with Gasteiger partial charge in [-0.15, -0.1) is 0 Å². The van der Waals surface area contributed by atoms with E-state index in [0.717, 1.165) is 23.7 Å². The van der Waals surface area contributed by atoms with E-state index in [1.54, 1.807) is 24.3 Å². The summed E-state index contributed by atoms with van der Waals surface area (Å²) in [5, 5.41) is 5.47. The molecule has 9 heteroatoms. The zero-order valence-electron chi connectivity index (χ0n) is 16.9. The number of aromatic nitrogens is 2. The fraction of sp³-hybridized carbons (Fsp3) is 0.429. The quantitative estimate of drug-likeness (QED) is 0.633. The van der Waals surface area contributed by atoms with Crippen LogP contribution in [0.4, 0.5) is 17.5 Å². The summed E-state index contributed by atoms with van der Waals surface area (Å²) >= 11 is 3.35. The van der Waals surface area contributed by atoms with Crippen LogP contribution in [0.25, 0.3) is 0 Å². The molecular weight excluding hydrogens is 450 g/mol. The van der Waals surface area contributed by atoms with Crippen molar-refractivity contribution in [1.29, 1.82) is 0 Å². The first kappa shape index (κ1) is 20.6.